The Balaban J connectivity index is 2.25. The lowest BCUT2D eigenvalue weighted by Crippen LogP contribution is -1.94. The Morgan fingerprint density at radius 3 is 2.45 bits per heavy atom. The largest absolute Gasteiger partial charge is 0.504 e. The summed E-state index contributed by atoms with van der Waals surface area (Å²) in [5, 5.41) is 28.5. The quantitative estimate of drug-likeness (QED) is 0.423. The highest BCUT2D eigenvalue weighted by molar-refractivity contribution is 6.11. The van der Waals surface area contributed by atoms with Gasteiger partial charge in [-0.15, -0.1) is 5.11 Å². The van der Waals surface area contributed by atoms with Gasteiger partial charge < -0.3 is 14.6 Å². The molecule has 0 atom stereocenters. The second-order valence-electron chi connectivity index (χ2n) is 4.68. The number of fused-ring (bicyclic) bond motifs is 1. The molecule has 2 aromatic carbocycles. The minimum Gasteiger partial charge on any atom is -0.504 e. The van der Waals surface area contributed by atoms with Crippen molar-refractivity contribution in [3.63, 3.8) is 0 Å². The van der Waals surface area contributed by atoms with Gasteiger partial charge in [0.25, 0.3) is 0 Å². The molecule has 0 radical (unpaired) electrons. The van der Waals surface area contributed by atoms with E-state index in [1.54, 1.807) is 18.2 Å². The van der Waals surface area contributed by atoms with Gasteiger partial charge in [-0.3, -0.25) is 4.79 Å². The summed E-state index contributed by atoms with van der Waals surface area (Å²) in [5.74, 6) is -1.47. The van der Waals surface area contributed by atoms with Crippen LogP contribution in [0.25, 0.3) is 11.0 Å². The first-order valence-corrected chi connectivity index (χ1v) is 6.52. The van der Waals surface area contributed by atoms with E-state index < -0.39 is 17.3 Å². The van der Waals surface area contributed by atoms with Crippen molar-refractivity contribution < 1.29 is 19.4 Å². The van der Waals surface area contributed by atoms with E-state index in [-0.39, 0.29) is 16.8 Å². The second-order valence-corrected chi connectivity index (χ2v) is 4.68. The fourth-order valence-electron chi connectivity index (χ4n) is 2.19. The molecular weight excluding hydrogens is 284 g/mol. The Kier molecular flexibility index (Phi) is 3.34. The number of aromatic hydroxyl groups is 2. The van der Waals surface area contributed by atoms with Crippen LogP contribution in [0.3, 0.4) is 0 Å². The summed E-state index contributed by atoms with van der Waals surface area (Å²) in [6.07, 6.45) is 1.34. The molecule has 0 aliphatic carbocycles. The Morgan fingerprint density at radius 1 is 1.05 bits per heavy atom. The van der Waals surface area contributed by atoms with Gasteiger partial charge in [0, 0.05) is 0 Å². The Labute approximate surface area is 125 Å². The van der Waals surface area contributed by atoms with E-state index in [0.29, 0.717) is 11.1 Å². The van der Waals surface area contributed by atoms with Gasteiger partial charge in [0.15, 0.2) is 17.1 Å². The van der Waals surface area contributed by atoms with Gasteiger partial charge in [-0.2, -0.15) is 5.11 Å². The first-order chi connectivity index (χ1) is 10.6. The molecule has 110 valence electrons. The molecule has 0 spiro atoms. The van der Waals surface area contributed by atoms with Crippen LogP contribution < -0.4 is 0 Å². The van der Waals surface area contributed by atoms with Gasteiger partial charge in [0.2, 0.25) is 5.75 Å². The Morgan fingerprint density at radius 2 is 1.77 bits per heavy atom. The molecule has 1 aromatic heterocycles. The van der Waals surface area contributed by atoms with Gasteiger partial charge in [-0.05, 0) is 25.1 Å². The summed E-state index contributed by atoms with van der Waals surface area (Å²) < 4.78 is 5.13. The number of benzene rings is 2. The lowest BCUT2D eigenvalue weighted by molar-refractivity contribution is 0.101. The fourth-order valence-corrected chi connectivity index (χ4v) is 2.19. The SMILES string of the molecule is CC(=O)c1c(O)c(O)c2occc2c1N=Nc1ccccc1. The third-order valence-corrected chi connectivity index (χ3v) is 3.21. The summed E-state index contributed by atoms with van der Waals surface area (Å²) in [7, 11) is 0. The average Bonchev–Trinajstić information content (AvgIpc) is 2.99. The number of carbonyl (C=O) groups excluding carboxylic acids is 1. The number of phenols is 2. The zero-order valence-corrected chi connectivity index (χ0v) is 11.6. The topological polar surface area (TPSA) is 95.4 Å². The van der Waals surface area contributed by atoms with Crippen molar-refractivity contribution in [3.8, 4) is 11.5 Å². The van der Waals surface area contributed by atoms with Crippen LogP contribution in [0, 0.1) is 0 Å². The maximum absolute atomic E-state index is 11.8. The van der Waals surface area contributed by atoms with Crippen LogP contribution in [0.4, 0.5) is 11.4 Å². The van der Waals surface area contributed by atoms with Crippen molar-refractivity contribution in [1.82, 2.24) is 0 Å². The molecule has 3 aromatic rings. The third kappa shape index (κ3) is 2.20. The number of hydrogen-bond donors (Lipinski definition) is 2. The predicted molar refractivity (Wildman–Crippen MR) is 80.2 cm³/mol. The maximum atomic E-state index is 11.8. The van der Waals surface area contributed by atoms with Crippen molar-refractivity contribution >= 4 is 28.1 Å². The summed E-state index contributed by atoms with van der Waals surface area (Å²) in [6, 6.07) is 10.5. The van der Waals surface area contributed by atoms with Crippen LogP contribution in [0.5, 0.6) is 11.5 Å². The van der Waals surface area contributed by atoms with E-state index in [0.717, 1.165) is 0 Å². The van der Waals surface area contributed by atoms with E-state index in [9.17, 15) is 15.0 Å². The summed E-state index contributed by atoms with van der Waals surface area (Å²) in [5.41, 5.74) is 0.729. The molecule has 3 rings (SSSR count). The van der Waals surface area contributed by atoms with Crippen LogP contribution in [0.2, 0.25) is 0 Å². The number of ketones is 1. The number of furan rings is 1. The van der Waals surface area contributed by atoms with Crippen LogP contribution in [-0.2, 0) is 0 Å². The first kappa shape index (κ1) is 13.8. The van der Waals surface area contributed by atoms with E-state index >= 15 is 0 Å². The maximum Gasteiger partial charge on any atom is 0.202 e. The monoisotopic (exact) mass is 296 g/mol. The standard InChI is InChI=1S/C16H12N2O4/c1-9(19)12-13(18-17-10-5-3-2-4-6-10)11-7-8-22-16(11)15(21)14(12)20/h2-8,20-21H,1H3. The number of phenolic OH excluding ortho intramolecular Hbond substituents is 2. The van der Waals surface area contributed by atoms with Gasteiger partial charge in [0.05, 0.1) is 22.9 Å². The predicted octanol–water partition coefficient (Wildman–Crippen LogP) is 4.46. The highest BCUT2D eigenvalue weighted by atomic mass is 16.4. The molecule has 2 N–H and O–H groups in total. The zero-order valence-electron chi connectivity index (χ0n) is 11.6. The molecule has 6 nitrogen and oxygen atoms in total. The van der Waals surface area contributed by atoms with Crippen molar-refractivity contribution in [1.29, 1.82) is 0 Å². The molecule has 0 bridgehead atoms. The summed E-state index contributed by atoms with van der Waals surface area (Å²) in [4.78, 5) is 11.8. The Hall–Kier alpha value is -3.15. The number of nitrogens with zero attached hydrogens (tertiary/aromatic N) is 2. The number of carbonyl (C=O) groups is 1. The van der Waals surface area contributed by atoms with Crippen molar-refractivity contribution in [2.45, 2.75) is 6.92 Å². The zero-order chi connectivity index (χ0) is 15.7. The minimum absolute atomic E-state index is 0.0597. The van der Waals surface area contributed by atoms with Crippen molar-refractivity contribution in [3.05, 3.63) is 48.2 Å². The molecule has 0 fully saturated rings. The van der Waals surface area contributed by atoms with Crippen LogP contribution in [0.15, 0.2) is 57.3 Å². The first-order valence-electron chi connectivity index (χ1n) is 6.52. The lowest BCUT2D eigenvalue weighted by atomic mass is 10.0. The molecule has 6 heteroatoms. The molecule has 0 aliphatic rings. The number of hydrogen-bond acceptors (Lipinski definition) is 6. The summed E-state index contributed by atoms with van der Waals surface area (Å²) in [6.45, 7) is 1.28. The third-order valence-electron chi connectivity index (χ3n) is 3.21. The van der Waals surface area contributed by atoms with E-state index in [4.69, 9.17) is 4.42 Å². The second kappa shape index (κ2) is 5.33. The van der Waals surface area contributed by atoms with Gasteiger partial charge >= 0.3 is 0 Å². The van der Waals surface area contributed by atoms with Gasteiger partial charge in [-0.25, -0.2) is 0 Å². The van der Waals surface area contributed by atoms with Crippen LogP contribution >= 0.6 is 0 Å². The normalized spacial score (nSPS) is 11.3. The van der Waals surface area contributed by atoms with Crippen molar-refractivity contribution in [2.24, 2.45) is 10.2 Å². The van der Waals surface area contributed by atoms with E-state index in [1.807, 2.05) is 18.2 Å². The lowest BCUT2D eigenvalue weighted by Gasteiger charge is -2.07. The number of rotatable bonds is 3. The van der Waals surface area contributed by atoms with Crippen molar-refractivity contribution in [2.75, 3.05) is 0 Å². The van der Waals surface area contributed by atoms with Gasteiger partial charge in [0.1, 0.15) is 5.69 Å². The molecule has 1 heterocycles. The number of azo groups is 1. The van der Waals surface area contributed by atoms with Crippen LogP contribution in [0.1, 0.15) is 17.3 Å². The molecule has 0 aliphatic heterocycles. The fraction of sp³-hybridized carbons (Fsp3) is 0.0625. The molecule has 0 saturated carbocycles. The smallest absolute Gasteiger partial charge is 0.202 e. The molecule has 0 unspecified atom stereocenters. The Bertz CT molecular complexity index is 882. The molecular formula is C16H12N2O4. The van der Waals surface area contributed by atoms with Crippen LogP contribution in [-0.4, -0.2) is 16.0 Å². The van der Waals surface area contributed by atoms with E-state index in [2.05, 4.69) is 10.2 Å². The minimum atomic E-state index is -0.558. The molecule has 22 heavy (non-hydrogen) atoms. The molecule has 0 amide bonds. The highest BCUT2D eigenvalue weighted by Crippen LogP contribution is 2.45. The van der Waals surface area contributed by atoms with Gasteiger partial charge in [-0.1, -0.05) is 18.2 Å². The highest BCUT2D eigenvalue weighted by Gasteiger charge is 2.23. The average molecular weight is 296 g/mol. The summed E-state index contributed by atoms with van der Waals surface area (Å²) >= 11 is 0. The number of Topliss-reactive ketones (excluding diaryl/α,β-unsaturated/α-hetero) is 1. The molecule has 0 saturated heterocycles. The van der Waals surface area contributed by atoms with E-state index in [1.165, 1.54) is 13.2 Å².